The van der Waals surface area contributed by atoms with Gasteiger partial charge in [-0.15, -0.1) is 0 Å². The fourth-order valence-electron chi connectivity index (χ4n) is 4.10. The molecular formula is C25H28FN5O2. The highest BCUT2D eigenvalue weighted by Gasteiger charge is 2.19. The Kier molecular flexibility index (Phi) is 6.84. The van der Waals surface area contributed by atoms with E-state index in [4.69, 9.17) is 0 Å². The van der Waals surface area contributed by atoms with Crippen LogP contribution in [0.3, 0.4) is 0 Å². The Morgan fingerprint density at radius 1 is 1.06 bits per heavy atom. The second-order valence-corrected chi connectivity index (χ2v) is 8.23. The Hall–Kier alpha value is -3.52. The van der Waals surface area contributed by atoms with Gasteiger partial charge in [0.05, 0.1) is 16.9 Å². The van der Waals surface area contributed by atoms with Crippen LogP contribution < -0.4 is 15.5 Å². The first kappa shape index (κ1) is 22.7. The zero-order chi connectivity index (χ0) is 23.4. The minimum absolute atomic E-state index is 0.0554. The average molecular weight is 450 g/mol. The van der Waals surface area contributed by atoms with Gasteiger partial charge >= 0.3 is 11.8 Å². The molecule has 2 aromatic carbocycles. The van der Waals surface area contributed by atoms with E-state index in [0.717, 1.165) is 43.7 Å². The van der Waals surface area contributed by atoms with E-state index in [-0.39, 0.29) is 12.4 Å². The molecule has 0 saturated carbocycles. The van der Waals surface area contributed by atoms with Crippen LogP contribution in [0.25, 0.3) is 10.9 Å². The number of aryl methyl sites for hydroxylation is 1. The van der Waals surface area contributed by atoms with E-state index in [1.165, 1.54) is 6.07 Å². The summed E-state index contributed by atoms with van der Waals surface area (Å²) in [6.45, 7) is 8.47. The highest BCUT2D eigenvalue weighted by molar-refractivity contribution is 6.40. The topological polar surface area (TPSA) is 77.6 Å². The van der Waals surface area contributed by atoms with Gasteiger partial charge in [0.15, 0.2) is 0 Å². The molecule has 4 rings (SSSR count). The van der Waals surface area contributed by atoms with Gasteiger partial charge in [0.1, 0.15) is 5.82 Å². The quantitative estimate of drug-likeness (QED) is 0.586. The highest BCUT2D eigenvalue weighted by Crippen LogP contribution is 2.24. The second kappa shape index (κ2) is 9.95. The molecule has 172 valence electrons. The molecule has 2 heterocycles. The number of carbonyl (C=O) groups is 2. The molecule has 0 aliphatic carbocycles. The Labute approximate surface area is 192 Å². The molecule has 1 fully saturated rings. The van der Waals surface area contributed by atoms with Gasteiger partial charge < -0.3 is 20.4 Å². The first-order valence-corrected chi connectivity index (χ1v) is 11.1. The van der Waals surface area contributed by atoms with E-state index in [1.54, 1.807) is 24.4 Å². The number of amides is 2. The van der Waals surface area contributed by atoms with Crippen molar-refractivity contribution in [2.75, 3.05) is 42.9 Å². The van der Waals surface area contributed by atoms with Crippen LogP contribution in [0.15, 0.2) is 48.7 Å². The second-order valence-electron chi connectivity index (χ2n) is 8.23. The van der Waals surface area contributed by atoms with Crippen LogP contribution in [0, 0.1) is 12.7 Å². The van der Waals surface area contributed by atoms with Crippen LogP contribution in [0.1, 0.15) is 18.1 Å². The predicted octanol–water partition coefficient (Wildman–Crippen LogP) is 3.08. The lowest BCUT2D eigenvalue weighted by Crippen LogP contribution is -2.46. The lowest BCUT2D eigenvalue weighted by molar-refractivity contribution is -0.136. The molecule has 33 heavy (non-hydrogen) atoms. The number of anilines is 2. The number of likely N-dealkylation sites (N-methyl/N-ethyl adjacent to an activating group) is 1. The molecule has 2 N–H and O–H groups in total. The number of halogens is 1. The minimum Gasteiger partial charge on any atom is -0.367 e. The number of benzene rings is 2. The standard InChI is InChI=1S/C25H28FN5O2/c1-3-30-9-11-31(12-10-30)22-7-6-18(15-20(22)26)16-28-24(32)25(33)29-21-14-17(2)13-19-5-4-8-27-23(19)21/h4-8,13-15H,3,9-12,16H2,1-2H3,(H,28,32)(H,29,33). The van der Waals surface area contributed by atoms with Crippen LogP contribution >= 0.6 is 0 Å². The molecule has 0 radical (unpaired) electrons. The third kappa shape index (κ3) is 5.28. The van der Waals surface area contributed by atoms with Crippen molar-refractivity contribution in [1.29, 1.82) is 0 Å². The number of hydrogen-bond acceptors (Lipinski definition) is 5. The van der Waals surface area contributed by atoms with E-state index < -0.39 is 11.8 Å². The molecular weight excluding hydrogens is 421 g/mol. The van der Waals surface area contributed by atoms with Gasteiger partial charge in [0, 0.05) is 44.3 Å². The first-order valence-electron chi connectivity index (χ1n) is 11.1. The summed E-state index contributed by atoms with van der Waals surface area (Å²) in [5.41, 5.74) is 3.19. The number of rotatable bonds is 5. The van der Waals surface area contributed by atoms with Gasteiger partial charge in [-0.25, -0.2) is 4.39 Å². The molecule has 1 aromatic heterocycles. The summed E-state index contributed by atoms with van der Waals surface area (Å²) in [7, 11) is 0. The summed E-state index contributed by atoms with van der Waals surface area (Å²) in [5.74, 6) is -1.91. The summed E-state index contributed by atoms with van der Waals surface area (Å²) < 4.78 is 14.7. The van der Waals surface area contributed by atoms with Crippen LogP contribution in [-0.4, -0.2) is 54.4 Å². The number of fused-ring (bicyclic) bond motifs is 1. The van der Waals surface area contributed by atoms with Gasteiger partial charge in [0.2, 0.25) is 0 Å². The molecule has 0 bridgehead atoms. The van der Waals surface area contributed by atoms with Crippen molar-refractivity contribution >= 4 is 34.1 Å². The van der Waals surface area contributed by atoms with Gasteiger partial charge in [-0.3, -0.25) is 14.6 Å². The smallest absolute Gasteiger partial charge is 0.313 e. The van der Waals surface area contributed by atoms with Crippen LogP contribution in [-0.2, 0) is 16.1 Å². The molecule has 1 saturated heterocycles. The molecule has 0 atom stereocenters. The van der Waals surface area contributed by atoms with Crippen molar-refractivity contribution in [3.8, 4) is 0 Å². The maximum absolute atomic E-state index is 14.7. The first-order chi connectivity index (χ1) is 15.9. The monoisotopic (exact) mass is 449 g/mol. The van der Waals surface area contributed by atoms with Gasteiger partial charge in [-0.05, 0) is 54.9 Å². The number of carbonyl (C=O) groups excluding carboxylic acids is 2. The number of nitrogens with zero attached hydrogens (tertiary/aromatic N) is 3. The average Bonchev–Trinajstić information content (AvgIpc) is 2.82. The summed E-state index contributed by atoms with van der Waals surface area (Å²) in [6.07, 6.45) is 1.63. The van der Waals surface area contributed by atoms with E-state index >= 15 is 0 Å². The van der Waals surface area contributed by atoms with Crippen LogP contribution in [0.5, 0.6) is 0 Å². The Morgan fingerprint density at radius 2 is 1.85 bits per heavy atom. The third-order valence-corrected chi connectivity index (χ3v) is 5.93. The number of piperazine rings is 1. The van der Waals surface area contributed by atoms with E-state index in [1.807, 2.05) is 30.0 Å². The van der Waals surface area contributed by atoms with Crippen molar-refractivity contribution in [2.24, 2.45) is 0 Å². The molecule has 3 aromatic rings. The summed E-state index contributed by atoms with van der Waals surface area (Å²) in [4.78, 5) is 33.5. The predicted molar refractivity (Wildman–Crippen MR) is 128 cm³/mol. The van der Waals surface area contributed by atoms with Crippen molar-refractivity contribution in [1.82, 2.24) is 15.2 Å². The molecule has 2 amide bonds. The van der Waals surface area contributed by atoms with E-state index in [2.05, 4.69) is 27.4 Å². The maximum Gasteiger partial charge on any atom is 0.313 e. The van der Waals surface area contributed by atoms with Crippen molar-refractivity contribution in [2.45, 2.75) is 20.4 Å². The molecule has 0 spiro atoms. The van der Waals surface area contributed by atoms with E-state index in [0.29, 0.717) is 22.5 Å². The molecule has 8 heteroatoms. The zero-order valence-electron chi connectivity index (χ0n) is 18.9. The Bertz CT molecular complexity index is 1170. The SMILES string of the molecule is CCN1CCN(c2ccc(CNC(=O)C(=O)Nc3cc(C)cc4cccnc34)cc2F)CC1. The minimum atomic E-state index is -0.793. The molecule has 7 nitrogen and oxygen atoms in total. The van der Waals surface area contributed by atoms with Crippen LogP contribution in [0.2, 0.25) is 0 Å². The normalized spacial score (nSPS) is 14.3. The largest absolute Gasteiger partial charge is 0.367 e. The zero-order valence-corrected chi connectivity index (χ0v) is 18.9. The molecule has 1 aliphatic rings. The lowest BCUT2D eigenvalue weighted by Gasteiger charge is -2.35. The fraction of sp³-hybridized carbons (Fsp3) is 0.320. The number of nitrogens with one attached hydrogen (secondary N) is 2. The Morgan fingerprint density at radius 3 is 2.58 bits per heavy atom. The lowest BCUT2D eigenvalue weighted by atomic mass is 10.1. The van der Waals surface area contributed by atoms with Crippen LogP contribution in [0.4, 0.5) is 15.8 Å². The highest BCUT2D eigenvalue weighted by atomic mass is 19.1. The van der Waals surface area contributed by atoms with Crippen molar-refractivity contribution in [3.63, 3.8) is 0 Å². The third-order valence-electron chi connectivity index (χ3n) is 5.93. The number of aromatic nitrogens is 1. The summed E-state index contributed by atoms with van der Waals surface area (Å²) in [5, 5.41) is 6.07. The maximum atomic E-state index is 14.7. The van der Waals surface area contributed by atoms with Gasteiger partial charge in [-0.1, -0.05) is 19.1 Å². The van der Waals surface area contributed by atoms with E-state index in [9.17, 15) is 14.0 Å². The van der Waals surface area contributed by atoms with Gasteiger partial charge in [0.25, 0.3) is 0 Å². The molecule has 0 unspecified atom stereocenters. The number of pyridine rings is 1. The fourth-order valence-corrected chi connectivity index (χ4v) is 4.10. The number of hydrogen-bond donors (Lipinski definition) is 2. The summed E-state index contributed by atoms with van der Waals surface area (Å²) >= 11 is 0. The summed E-state index contributed by atoms with van der Waals surface area (Å²) in [6, 6.07) is 12.4. The van der Waals surface area contributed by atoms with Gasteiger partial charge in [-0.2, -0.15) is 0 Å². The van der Waals surface area contributed by atoms with Crippen molar-refractivity contribution < 1.29 is 14.0 Å². The molecule has 1 aliphatic heterocycles. The Balaban J connectivity index is 1.36. The van der Waals surface area contributed by atoms with Crippen molar-refractivity contribution in [3.05, 3.63) is 65.6 Å².